The number of carbonyl (C=O) groups is 2. The monoisotopic (exact) mass is 594 g/mol. The second-order valence-corrected chi connectivity index (χ2v) is 12.8. The molecule has 0 saturated heterocycles. The van der Waals surface area contributed by atoms with Crippen molar-refractivity contribution < 1.29 is 14.0 Å². The number of nitrogens with one attached hydrogen (secondary N) is 1. The molecule has 40 heavy (non-hydrogen) atoms. The zero-order valence-electron chi connectivity index (χ0n) is 21.6. The van der Waals surface area contributed by atoms with Crippen LogP contribution in [0.1, 0.15) is 38.2 Å². The van der Waals surface area contributed by atoms with Gasteiger partial charge in [0, 0.05) is 17.7 Å². The SMILES string of the molecule is CC1(C)CC(=O)C2=C(C1)N(c1nnc(SCC(=O)Nc3ccccc3Cl)s1)C(N)=C(C#N)C2c1ccc(F)cc1. The highest BCUT2D eigenvalue weighted by atomic mass is 35.5. The summed E-state index contributed by atoms with van der Waals surface area (Å²) < 4.78 is 14.2. The van der Waals surface area contributed by atoms with E-state index in [1.54, 1.807) is 41.3 Å². The Labute approximate surface area is 243 Å². The van der Waals surface area contributed by atoms with Gasteiger partial charge in [-0.05, 0) is 41.7 Å². The third kappa shape index (κ3) is 5.47. The number of nitriles is 1. The molecule has 1 amide bonds. The summed E-state index contributed by atoms with van der Waals surface area (Å²) in [7, 11) is 0. The molecule has 8 nitrogen and oxygen atoms in total. The lowest BCUT2D eigenvalue weighted by Crippen LogP contribution is -2.42. The highest BCUT2D eigenvalue weighted by molar-refractivity contribution is 8.01. The molecule has 1 unspecified atom stereocenters. The second-order valence-electron chi connectivity index (χ2n) is 10.2. The number of allylic oxidation sites excluding steroid dienone is 3. The maximum atomic E-state index is 13.7. The summed E-state index contributed by atoms with van der Waals surface area (Å²) in [5.74, 6) is -1.27. The topological polar surface area (TPSA) is 125 Å². The molecule has 0 spiro atoms. The van der Waals surface area contributed by atoms with Crippen LogP contribution in [0, 0.1) is 22.6 Å². The predicted molar refractivity (Wildman–Crippen MR) is 154 cm³/mol. The van der Waals surface area contributed by atoms with Gasteiger partial charge in [0.2, 0.25) is 11.0 Å². The number of anilines is 2. The average molecular weight is 595 g/mol. The molecule has 3 aromatic rings. The van der Waals surface area contributed by atoms with Gasteiger partial charge in [-0.1, -0.05) is 72.8 Å². The van der Waals surface area contributed by atoms with Crippen molar-refractivity contribution in [3.8, 4) is 6.07 Å². The quantitative estimate of drug-likeness (QED) is 0.333. The molecule has 1 aromatic heterocycles. The molecular weight excluding hydrogens is 571 g/mol. The standard InChI is InChI=1S/C28H24ClFN6O2S2/c1-28(2)11-20-24(21(37)12-28)23(15-7-9-16(30)10-8-15)17(13-31)25(32)36(20)26-34-35-27(40-26)39-14-22(38)33-19-6-4-3-5-18(19)29/h3-10,23H,11-12,14,32H2,1-2H3,(H,33,38). The van der Waals surface area contributed by atoms with Crippen LogP contribution in [0.25, 0.3) is 0 Å². The third-order valence-electron chi connectivity index (χ3n) is 6.65. The van der Waals surface area contributed by atoms with E-state index in [1.165, 1.54) is 35.2 Å². The number of thioether (sulfide) groups is 1. The first-order valence-corrected chi connectivity index (χ1v) is 14.5. The first kappa shape index (κ1) is 27.8. The number of nitrogens with two attached hydrogens (primary N) is 1. The van der Waals surface area contributed by atoms with E-state index in [9.17, 15) is 19.2 Å². The highest BCUT2D eigenvalue weighted by Gasteiger charge is 2.45. The Bertz CT molecular complexity index is 1610. The van der Waals surface area contributed by atoms with Gasteiger partial charge < -0.3 is 11.1 Å². The molecule has 1 aliphatic carbocycles. The molecule has 3 N–H and O–H groups in total. The molecule has 204 valence electrons. The minimum Gasteiger partial charge on any atom is -0.384 e. The van der Waals surface area contributed by atoms with Gasteiger partial charge in [-0.25, -0.2) is 4.39 Å². The van der Waals surface area contributed by atoms with Crippen molar-refractivity contribution in [3.05, 3.63) is 87.6 Å². The van der Waals surface area contributed by atoms with Gasteiger partial charge in [-0.3, -0.25) is 14.5 Å². The third-order valence-corrected chi connectivity index (χ3v) is 9.02. The van der Waals surface area contributed by atoms with Crippen LogP contribution in [0.4, 0.5) is 15.2 Å². The van der Waals surface area contributed by atoms with Crippen molar-refractivity contribution in [1.29, 1.82) is 5.26 Å². The summed E-state index contributed by atoms with van der Waals surface area (Å²) in [4.78, 5) is 27.7. The molecule has 5 rings (SSSR count). The number of nitrogens with zero attached hydrogens (tertiary/aromatic N) is 4. The summed E-state index contributed by atoms with van der Waals surface area (Å²) in [5, 5.41) is 22.3. The van der Waals surface area contributed by atoms with Crippen molar-refractivity contribution in [2.75, 3.05) is 16.0 Å². The fourth-order valence-corrected chi connectivity index (χ4v) is 6.81. The van der Waals surface area contributed by atoms with E-state index in [1.807, 2.05) is 13.8 Å². The number of halogens is 2. The number of para-hydroxylation sites is 1. The summed E-state index contributed by atoms with van der Waals surface area (Å²) in [6, 6.07) is 14.9. The molecule has 0 saturated carbocycles. The zero-order chi connectivity index (χ0) is 28.6. The van der Waals surface area contributed by atoms with Gasteiger partial charge in [-0.15, -0.1) is 10.2 Å². The minimum atomic E-state index is -0.712. The fourth-order valence-electron chi connectivity index (χ4n) is 4.94. The molecular formula is C28H24ClFN6O2S2. The van der Waals surface area contributed by atoms with E-state index in [-0.39, 0.29) is 34.3 Å². The number of hydrogen-bond donors (Lipinski definition) is 2. The van der Waals surface area contributed by atoms with E-state index >= 15 is 0 Å². The van der Waals surface area contributed by atoms with E-state index in [2.05, 4.69) is 21.6 Å². The lowest BCUT2D eigenvalue weighted by Gasteiger charge is -2.42. The summed E-state index contributed by atoms with van der Waals surface area (Å²) in [6.07, 6.45) is 0.807. The van der Waals surface area contributed by atoms with Crippen molar-refractivity contribution in [3.63, 3.8) is 0 Å². The van der Waals surface area contributed by atoms with E-state index < -0.39 is 11.7 Å². The molecule has 12 heteroatoms. The first-order valence-electron chi connectivity index (χ1n) is 12.3. The van der Waals surface area contributed by atoms with Gasteiger partial charge >= 0.3 is 0 Å². The molecule has 0 bridgehead atoms. The summed E-state index contributed by atoms with van der Waals surface area (Å²) in [6.45, 7) is 4.00. The second kappa shape index (κ2) is 11.0. The first-order chi connectivity index (χ1) is 19.1. The number of carbonyl (C=O) groups excluding carboxylic acids is 2. The normalized spacial score (nSPS) is 18.4. The number of aromatic nitrogens is 2. The maximum absolute atomic E-state index is 13.7. The fraction of sp³-hybridized carbons (Fsp3) is 0.250. The van der Waals surface area contributed by atoms with E-state index in [0.29, 0.717) is 49.9 Å². The predicted octanol–water partition coefficient (Wildman–Crippen LogP) is 6.00. The highest BCUT2D eigenvalue weighted by Crippen LogP contribution is 2.50. The zero-order valence-corrected chi connectivity index (χ0v) is 24.0. The van der Waals surface area contributed by atoms with Gasteiger partial charge in [0.15, 0.2) is 10.1 Å². The Kier molecular flexibility index (Phi) is 7.68. The lowest BCUT2D eigenvalue weighted by atomic mass is 9.69. The van der Waals surface area contributed by atoms with Crippen LogP contribution >= 0.6 is 34.7 Å². The largest absolute Gasteiger partial charge is 0.384 e. The van der Waals surface area contributed by atoms with E-state index in [4.69, 9.17) is 17.3 Å². The van der Waals surface area contributed by atoms with Crippen LogP contribution in [0.5, 0.6) is 0 Å². The van der Waals surface area contributed by atoms with Gasteiger partial charge in [0.25, 0.3) is 0 Å². The molecule has 1 aliphatic heterocycles. The molecule has 2 aliphatic rings. The van der Waals surface area contributed by atoms with Crippen LogP contribution in [0.3, 0.4) is 0 Å². The number of amides is 1. The number of rotatable bonds is 6. The Balaban J connectivity index is 1.47. The van der Waals surface area contributed by atoms with Crippen molar-refractivity contribution in [2.45, 2.75) is 36.9 Å². The van der Waals surface area contributed by atoms with Crippen LogP contribution in [-0.2, 0) is 9.59 Å². The van der Waals surface area contributed by atoms with Crippen molar-refractivity contribution in [2.24, 2.45) is 11.1 Å². The average Bonchev–Trinajstić information content (AvgIpc) is 3.36. The van der Waals surface area contributed by atoms with Gasteiger partial charge in [0.05, 0.1) is 34.0 Å². The number of hydrogen-bond acceptors (Lipinski definition) is 9. The summed E-state index contributed by atoms with van der Waals surface area (Å²) >= 11 is 8.53. The summed E-state index contributed by atoms with van der Waals surface area (Å²) in [5.41, 5.74) is 8.68. The van der Waals surface area contributed by atoms with Crippen LogP contribution in [0.2, 0.25) is 5.02 Å². The van der Waals surface area contributed by atoms with E-state index in [0.717, 1.165) is 0 Å². The number of ketones is 1. The smallest absolute Gasteiger partial charge is 0.234 e. The van der Waals surface area contributed by atoms with Gasteiger partial charge in [-0.2, -0.15) is 5.26 Å². The maximum Gasteiger partial charge on any atom is 0.234 e. The van der Waals surface area contributed by atoms with Crippen LogP contribution < -0.4 is 16.0 Å². The Morgan fingerprint density at radius 1 is 1.25 bits per heavy atom. The van der Waals surface area contributed by atoms with Gasteiger partial charge in [0.1, 0.15) is 11.6 Å². The van der Waals surface area contributed by atoms with Crippen LogP contribution in [-0.4, -0.2) is 27.6 Å². The molecule has 2 aromatic carbocycles. The van der Waals surface area contributed by atoms with Crippen LogP contribution in [0.15, 0.2) is 75.5 Å². The Morgan fingerprint density at radius 2 is 1.98 bits per heavy atom. The Hall–Kier alpha value is -3.72. The van der Waals surface area contributed by atoms with Crippen molar-refractivity contribution in [1.82, 2.24) is 10.2 Å². The molecule has 1 atom stereocenters. The molecule has 0 fully saturated rings. The van der Waals surface area contributed by atoms with Crippen molar-refractivity contribution >= 4 is 57.2 Å². The molecule has 0 radical (unpaired) electrons. The number of benzene rings is 2. The lowest BCUT2D eigenvalue weighted by molar-refractivity contribution is -0.118. The minimum absolute atomic E-state index is 0.0702. The number of Topliss-reactive ketones (excluding diaryl/α,β-unsaturated/α-hetero) is 1. The Morgan fingerprint density at radius 3 is 2.67 bits per heavy atom. The molecule has 2 heterocycles.